The molecule has 0 heterocycles. The maximum absolute atomic E-state index is 6.24. The summed E-state index contributed by atoms with van der Waals surface area (Å²) in [5.41, 5.74) is 2.07. The molecule has 2 aromatic carbocycles. The minimum atomic E-state index is 0. The first-order valence-corrected chi connectivity index (χ1v) is 9.31. The molecule has 0 aliphatic heterocycles. The van der Waals surface area contributed by atoms with Crippen LogP contribution in [0.15, 0.2) is 42.5 Å². The van der Waals surface area contributed by atoms with Gasteiger partial charge in [0.25, 0.3) is 0 Å². The normalized spacial score (nSPS) is 10.5. The summed E-state index contributed by atoms with van der Waals surface area (Å²) in [5, 5.41) is 4.21. The van der Waals surface area contributed by atoms with Crippen LogP contribution >= 0.6 is 24.0 Å². The van der Waals surface area contributed by atoms with Gasteiger partial charge in [0, 0.05) is 22.7 Å². The summed E-state index contributed by atoms with van der Waals surface area (Å²) in [5.74, 6) is 2.26. The number of halogens is 2. The van der Waals surface area contributed by atoms with Crippen molar-refractivity contribution in [2.24, 2.45) is 5.92 Å². The van der Waals surface area contributed by atoms with Crippen molar-refractivity contribution in [1.29, 1.82) is 0 Å². The van der Waals surface area contributed by atoms with Gasteiger partial charge in [0.1, 0.15) is 6.61 Å². The van der Waals surface area contributed by atoms with Gasteiger partial charge < -0.3 is 14.8 Å². The zero-order chi connectivity index (χ0) is 18.1. The van der Waals surface area contributed by atoms with Crippen LogP contribution in [0.5, 0.6) is 11.5 Å². The summed E-state index contributed by atoms with van der Waals surface area (Å²) in [6.45, 7) is 9.21. The monoisotopic (exact) mass is 397 g/mol. The molecule has 2 rings (SSSR count). The fourth-order valence-electron chi connectivity index (χ4n) is 2.51. The standard InChI is InChI=1S/C21H28ClNO2.ClH/c1-4-24-20-11-7-9-17(14-23-13-12-16(2)3)21(20)25-15-18-8-5-6-10-19(18)22;/h5-11,16,23H,4,12-15H2,1-3H3;1H. The van der Waals surface area contributed by atoms with E-state index in [1.807, 2.05) is 43.3 Å². The number of ether oxygens (including phenoxy) is 2. The van der Waals surface area contributed by atoms with Crippen LogP contribution in [0.25, 0.3) is 0 Å². The molecular weight excluding hydrogens is 369 g/mol. The molecule has 0 spiro atoms. The third kappa shape index (κ3) is 7.06. The first kappa shape index (κ1) is 22.6. The van der Waals surface area contributed by atoms with Crippen LogP contribution < -0.4 is 14.8 Å². The van der Waals surface area contributed by atoms with Crippen LogP contribution in [0.4, 0.5) is 0 Å². The second kappa shape index (κ2) is 12.1. The summed E-state index contributed by atoms with van der Waals surface area (Å²) in [7, 11) is 0. The molecule has 3 nitrogen and oxygen atoms in total. The molecule has 0 unspecified atom stereocenters. The van der Waals surface area contributed by atoms with Gasteiger partial charge in [-0.05, 0) is 37.9 Å². The van der Waals surface area contributed by atoms with Crippen LogP contribution in [0.3, 0.4) is 0 Å². The van der Waals surface area contributed by atoms with Gasteiger partial charge in [0.15, 0.2) is 11.5 Å². The second-order valence-electron chi connectivity index (χ2n) is 6.42. The second-order valence-corrected chi connectivity index (χ2v) is 6.82. The van der Waals surface area contributed by atoms with Crippen LogP contribution in [0.2, 0.25) is 5.02 Å². The molecule has 2 aromatic rings. The molecule has 0 atom stereocenters. The van der Waals surface area contributed by atoms with Crippen molar-refractivity contribution in [3.63, 3.8) is 0 Å². The number of nitrogens with one attached hydrogen (secondary N) is 1. The van der Waals surface area contributed by atoms with Gasteiger partial charge in [-0.15, -0.1) is 12.4 Å². The molecule has 0 fully saturated rings. The Balaban J connectivity index is 0.00000338. The van der Waals surface area contributed by atoms with E-state index in [0.717, 1.165) is 42.1 Å². The number of hydrogen-bond acceptors (Lipinski definition) is 3. The molecule has 1 N–H and O–H groups in total. The van der Waals surface area contributed by atoms with Gasteiger partial charge in [-0.1, -0.05) is 55.8 Å². The Morgan fingerprint density at radius 1 is 1.00 bits per heavy atom. The molecule has 0 saturated heterocycles. The third-order valence-corrected chi connectivity index (χ3v) is 4.27. The Morgan fingerprint density at radius 3 is 2.42 bits per heavy atom. The molecule has 0 bridgehead atoms. The Morgan fingerprint density at radius 2 is 1.73 bits per heavy atom. The average molecular weight is 398 g/mol. The fraction of sp³-hybridized carbons (Fsp3) is 0.429. The van der Waals surface area contributed by atoms with E-state index in [0.29, 0.717) is 24.2 Å². The van der Waals surface area contributed by atoms with Crippen LogP contribution in [-0.2, 0) is 13.2 Å². The number of rotatable bonds is 10. The molecule has 144 valence electrons. The van der Waals surface area contributed by atoms with E-state index in [9.17, 15) is 0 Å². The smallest absolute Gasteiger partial charge is 0.166 e. The lowest BCUT2D eigenvalue weighted by molar-refractivity contribution is 0.266. The summed E-state index contributed by atoms with van der Waals surface area (Å²) >= 11 is 6.24. The largest absolute Gasteiger partial charge is 0.490 e. The number of benzene rings is 2. The Kier molecular flexibility index (Phi) is 10.5. The highest BCUT2D eigenvalue weighted by Gasteiger charge is 2.12. The van der Waals surface area contributed by atoms with E-state index in [1.165, 1.54) is 0 Å². The lowest BCUT2D eigenvalue weighted by Gasteiger charge is -2.17. The SMILES string of the molecule is CCOc1cccc(CNCCC(C)C)c1OCc1ccccc1Cl.Cl. The molecule has 0 saturated carbocycles. The Bertz CT molecular complexity index is 662. The predicted octanol–water partition coefficient (Wildman–Crippen LogP) is 5.88. The van der Waals surface area contributed by atoms with E-state index < -0.39 is 0 Å². The molecule has 0 radical (unpaired) electrons. The van der Waals surface area contributed by atoms with Crippen LogP contribution in [-0.4, -0.2) is 13.2 Å². The van der Waals surface area contributed by atoms with Crippen molar-refractivity contribution in [3.8, 4) is 11.5 Å². The highest BCUT2D eigenvalue weighted by molar-refractivity contribution is 6.31. The summed E-state index contributed by atoms with van der Waals surface area (Å²) in [6.07, 6.45) is 1.15. The van der Waals surface area contributed by atoms with Crippen LogP contribution in [0.1, 0.15) is 38.3 Å². The maximum atomic E-state index is 6.24. The summed E-state index contributed by atoms with van der Waals surface area (Å²) in [6, 6.07) is 13.8. The third-order valence-electron chi connectivity index (χ3n) is 3.90. The average Bonchev–Trinajstić information content (AvgIpc) is 2.59. The van der Waals surface area contributed by atoms with Crippen molar-refractivity contribution in [2.75, 3.05) is 13.2 Å². The van der Waals surface area contributed by atoms with E-state index in [-0.39, 0.29) is 12.4 Å². The lowest BCUT2D eigenvalue weighted by atomic mass is 10.1. The van der Waals surface area contributed by atoms with Crippen molar-refractivity contribution < 1.29 is 9.47 Å². The van der Waals surface area contributed by atoms with Crippen molar-refractivity contribution in [2.45, 2.75) is 40.3 Å². The predicted molar refractivity (Wildman–Crippen MR) is 112 cm³/mol. The molecular formula is C21H29Cl2NO2. The van der Waals surface area contributed by atoms with Crippen LogP contribution in [0, 0.1) is 5.92 Å². The van der Waals surface area contributed by atoms with Gasteiger partial charge in [0.2, 0.25) is 0 Å². The lowest BCUT2D eigenvalue weighted by Crippen LogP contribution is -2.17. The maximum Gasteiger partial charge on any atom is 0.166 e. The highest BCUT2D eigenvalue weighted by atomic mass is 35.5. The van der Waals surface area contributed by atoms with Gasteiger partial charge in [-0.2, -0.15) is 0 Å². The van der Waals surface area contributed by atoms with E-state index in [1.54, 1.807) is 0 Å². The molecule has 0 aromatic heterocycles. The molecule has 26 heavy (non-hydrogen) atoms. The fourth-order valence-corrected chi connectivity index (χ4v) is 2.70. The first-order chi connectivity index (χ1) is 12.1. The van der Waals surface area contributed by atoms with Gasteiger partial charge in [-0.25, -0.2) is 0 Å². The van der Waals surface area contributed by atoms with Crippen molar-refractivity contribution in [3.05, 3.63) is 58.6 Å². The summed E-state index contributed by atoms with van der Waals surface area (Å²) < 4.78 is 11.9. The quantitative estimate of drug-likeness (QED) is 0.508. The van der Waals surface area contributed by atoms with Crippen molar-refractivity contribution >= 4 is 24.0 Å². The molecule has 5 heteroatoms. The van der Waals surface area contributed by atoms with Crippen molar-refractivity contribution in [1.82, 2.24) is 5.32 Å². The zero-order valence-corrected chi connectivity index (χ0v) is 17.3. The summed E-state index contributed by atoms with van der Waals surface area (Å²) in [4.78, 5) is 0. The minimum absolute atomic E-state index is 0. The molecule has 0 aliphatic carbocycles. The Labute approximate surface area is 168 Å². The topological polar surface area (TPSA) is 30.5 Å². The number of para-hydroxylation sites is 1. The highest BCUT2D eigenvalue weighted by Crippen LogP contribution is 2.32. The van der Waals surface area contributed by atoms with Gasteiger partial charge in [-0.3, -0.25) is 0 Å². The van der Waals surface area contributed by atoms with E-state index >= 15 is 0 Å². The van der Waals surface area contributed by atoms with E-state index in [2.05, 4.69) is 25.2 Å². The van der Waals surface area contributed by atoms with E-state index in [4.69, 9.17) is 21.1 Å². The molecule has 0 amide bonds. The Hall–Kier alpha value is -1.42. The zero-order valence-electron chi connectivity index (χ0n) is 15.8. The molecule has 0 aliphatic rings. The van der Waals surface area contributed by atoms with Gasteiger partial charge in [0.05, 0.1) is 6.61 Å². The van der Waals surface area contributed by atoms with Gasteiger partial charge >= 0.3 is 0 Å². The first-order valence-electron chi connectivity index (χ1n) is 8.93. The number of hydrogen-bond donors (Lipinski definition) is 1. The minimum Gasteiger partial charge on any atom is -0.490 e.